The monoisotopic (exact) mass is 422 g/mol. The highest BCUT2D eigenvalue weighted by Crippen LogP contribution is 2.29. The van der Waals surface area contributed by atoms with E-state index in [0.29, 0.717) is 6.42 Å². The van der Waals surface area contributed by atoms with Crippen molar-refractivity contribution in [3.63, 3.8) is 0 Å². The van der Waals surface area contributed by atoms with E-state index in [1.807, 2.05) is 59.5 Å². The number of carbonyl (C=O) groups excluding carboxylic acids is 1. The van der Waals surface area contributed by atoms with Gasteiger partial charge in [0.25, 0.3) is 0 Å². The zero-order valence-corrected chi connectivity index (χ0v) is 18.0. The molecular weight excluding hydrogens is 396 g/mol. The molecule has 0 N–H and O–H groups in total. The largest absolute Gasteiger partial charge is 0.497 e. The van der Waals surface area contributed by atoms with Crippen LogP contribution in [0.25, 0.3) is 17.1 Å². The number of amides is 1. The molecule has 0 unspecified atom stereocenters. The molecule has 6 nitrogen and oxygen atoms in total. The number of likely N-dealkylation sites (tertiary alicyclic amines) is 1. The molecule has 0 bridgehead atoms. The molecule has 30 heavy (non-hydrogen) atoms. The molecular formula is C23H26N4O2S. The number of thioether (sulfide) groups is 1. The zero-order valence-electron chi connectivity index (χ0n) is 17.2. The van der Waals surface area contributed by atoms with E-state index >= 15 is 0 Å². The van der Waals surface area contributed by atoms with Crippen molar-refractivity contribution in [2.24, 2.45) is 0 Å². The van der Waals surface area contributed by atoms with Gasteiger partial charge in [-0.2, -0.15) is 0 Å². The summed E-state index contributed by atoms with van der Waals surface area (Å²) >= 11 is 1.64. The maximum atomic E-state index is 12.3. The number of nitrogens with zero attached hydrogens (tertiary/aromatic N) is 4. The van der Waals surface area contributed by atoms with Crippen LogP contribution in [0, 0.1) is 0 Å². The molecule has 1 aliphatic heterocycles. The first-order chi connectivity index (χ1) is 14.8. The number of hydrogen-bond acceptors (Lipinski definition) is 5. The van der Waals surface area contributed by atoms with E-state index in [0.717, 1.165) is 66.1 Å². The zero-order chi connectivity index (χ0) is 20.8. The van der Waals surface area contributed by atoms with Crippen LogP contribution >= 0.6 is 11.8 Å². The van der Waals surface area contributed by atoms with E-state index in [9.17, 15) is 4.79 Å². The summed E-state index contributed by atoms with van der Waals surface area (Å²) in [5.74, 6) is 2.71. The Bertz CT molecular complexity index is 967. The Hall–Kier alpha value is -2.80. The fourth-order valence-corrected chi connectivity index (χ4v) is 4.50. The van der Waals surface area contributed by atoms with Gasteiger partial charge in [0.05, 0.1) is 7.11 Å². The minimum Gasteiger partial charge on any atom is -0.497 e. The third kappa shape index (κ3) is 4.67. The number of hydrogen-bond donors (Lipinski definition) is 0. The summed E-state index contributed by atoms with van der Waals surface area (Å²) in [7, 11) is 1.66. The Morgan fingerprint density at radius 2 is 1.77 bits per heavy atom. The highest BCUT2D eigenvalue weighted by Gasteiger charge is 2.19. The van der Waals surface area contributed by atoms with Gasteiger partial charge >= 0.3 is 0 Å². The normalized spacial score (nSPS) is 13.6. The van der Waals surface area contributed by atoms with Crippen molar-refractivity contribution in [3.05, 3.63) is 54.6 Å². The maximum absolute atomic E-state index is 12.3. The molecule has 1 fully saturated rings. The number of ether oxygens (including phenoxy) is 1. The fraction of sp³-hybridized carbons (Fsp3) is 0.348. The summed E-state index contributed by atoms with van der Waals surface area (Å²) in [5, 5.41) is 9.75. The first kappa shape index (κ1) is 20.5. The number of methoxy groups -OCH3 is 1. The maximum Gasteiger partial charge on any atom is 0.222 e. The van der Waals surface area contributed by atoms with Crippen molar-refractivity contribution in [1.82, 2.24) is 19.7 Å². The van der Waals surface area contributed by atoms with Crippen molar-refractivity contribution in [1.29, 1.82) is 0 Å². The van der Waals surface area contributed by atoms with Gasteiger partial charge in [-0.05, 0) is 43.5 Å². The van der Waals surface area contributed by atoms with E-state index in [1.165, 1.54) is 0 Å². The van der Waals surface area contributed by atoms with Crippen LogP contribution in [0.1, 0.15) is 25.7 Å². The lowest BCUT2D eigenvalue weighted by Crippen LogP contribution is -2.27. The van der Waals surface area contributed by atoms with Crippen molar-refractivity contribution in [2.45, 2.75) is 30.8 Å². The van der Waals surface area contributed by atoms with Gasteiger partial charge in [0.1, 0.15) is 5.75 Å². The number of benzene rings is 2. The van der Waals surface area contributed by atoms with Gasteiger partial charge in [0, 0.05) is 36.5 Å². The van der Waals surface area contributed by atoms with E-state index < -0.39 is 0 Å². The quantitative estimate of drug-likeness (QED) is 0.397. The number of rotatable bonds is 8. The van der Waals surface area contributed by atoms with Crippen LogP contribution in [0.5, 0.6) is 5.75 Å². The van der Waals surface area contributed by atoms with Crippen molar-refractivity contribution >= 4 is 17.7 Å². The average Bonchev–Trinajstić information content (AvgIpc) is 3.48. The lowest BCUT2D eigenvalue weighted by molar-refractivity contribution is -0.130. The average molecular weight is 423 g/mol. The molecule has 1 aliphatic rings. The Morgan fingerprint density at radius 1 is 1.03 bits per heavy atom. The van der Waals surface area contributed by atoms with Gasteiger partial charge in [0.15, 0.2) is 11.0 Å². The second-order valence-electron chi connectivity index (χ2n) is 7.25. The van der Waals surface area contributed by atoms with Crippen molar-refractivity contribution < 1.29 is 9.53 Å². The summed E-state index contributed by atoms with van der Waals surface area (Å²) in [6.07, 6.45) is 3.69. The van der Waals surface area contributed by atoms with Gasteiger partial charge < -0.3 is 9.64 Å². The Balaban J connectivity index is 1.50. The molecule has 4 rings (SSSR count). The topological polar surface area (TPSA) is 60.2 Å². The lowest BCUT2D eigenvalue weighted by Gasteiger charge is -2.14. The Morgan fingerprint density at radius 3 is 2.47 bits per heavy atom. The highest BCUT2D eigenvalue weighted by molar-refractivity contribution is 7.99. The second-order valence-corrected chi connectivity index (χ2v) is 8.31. The molecule has 1 amide bonds. The van der Waals surface area contributed by atoms with Crippen LogP contribution in [0.2, 0.25) is 0 Å². The Labute approximate surface area is 181 Å². The summed E-state index contributed by atoms with van der Waals surface area (Å²) < 4.78 is 7.37. The third-order valence-electron chi connectivity index (χ3n) is 5.22. The van der Waals surface area contributed by atoms with Crippen molar-refractivity contribution in [2.75, 3.05) is 26.0 Å². The SMILES string of the molecule is COc1ccc(-n2c(SCCCC(=O)N3CCCC3)nnc2-c2ccccc2)cc1. The smallest absolute Gasteiger partial charge is 0.222 e. The van der Waals surface area contributed by atoms with E-state index in [4.69, 9.17) is 4.74 Å². The van der Waals surface area contributed by atoms with E-state index in [-0.39, 0.29) is 5.91 Å². The third-order valence-corrected chi connectivity index (χ3v) is 6.24. The van der Waals surface area contributed by atoms with Crippen LogP contribution in [-0.2, 0) is 4.79 Å². The predicted molar refractivity (Wildman–Crippen MR) is 119 cm³/mol. The van der Waals surface area contributed by atoms with Gasteiger partial charge in [-0.25, -0.2) is 0 Å². The molecule has 0 spiro atoms. The second kappa shape index (κ2) is 9.80. The standard InChI is InChI=1S/C23H26N4O2S/c1-29-20-13-11-19(12-14-20)27-22(18-8-3-2-4-9-18)24-25-23(27)30-17-7-10-21(28)26-15-5-6-16-26/h2-4,8-9,11-14H,5-7,10,15-17H2,1H3. The van der Waals surface area contributed by atoms with Gasteiger partial charge in [-0.15, -0.1) is 10.2 Å². The molecule has 7 heteroatoms. The number of aromatic nitrogens is 3. The van der Waals surface area contributed by atoms with Crippen LogP contribution in [0.15, 0.2) is 59.8 Å². The molecule has 1 aromatic heterocycles. The van der Waals surface area contributed by atoms with Gasteiger partial charge in [-0.3, -0.25) is 9.36 Å². The molecule has 2 aromatic carbocycles. The van der Waals surface area contributed by atoms with Crippen LogP contribution in [0.3, 0.4) is 0 Å². The molecule has 1 saturated heterocycles. The summed E-state index contributed by atoms with van der Waals surface area (Å²) in [6.45, 7) is 1.83. The predicted octanol–water partition coefficient (Wildman–Crippen LogP) is 4.44. The van der Waals surface area contributed by atoms with Crippen LogP contribution < -0.4 is 4.74 Å². The molecule has 0 radical (unpaired) electrons. The first-order valence-corrected chi connectivity index (χ1v) is 11.3. The highest BCUT2D eigenvalue weighted by atomic mass is 32.2. The molecule has 0 aliphatic carbocycles. The molecule has 3 aromatic rings. The van der Waals surface area contributed by atoms with E-state index in [2.05, 4.69) is 14.8 Å². The van der Waals surface area contributed by atoms with Crippen LogP contribution in [0.4, 0.5) is 0 Å². The Kier molecular flexibility index (Phi) is 6.69. The molecule has 156 valence electrons. The minimum atomic E-state index is 0.273. The van der Waals surface area contributed by atoms with Gasteiger partial charge in [-0.1, -0.05) is 42.1 Å². The number of carbonyl (C=O) groups is 1. The summed E-state index contributed by atoms with van der Waals surface area (Å²) in [4.78, 5) is 14.3. The van der Waals surface area contributed by atoms with E-state index in [1.54, 1.807) is 18.9 Å². The minimum absolute atomic E-state index is 0.273. The fourth-order valence-electron chi connectivity index (χ4n) is 3.61. The molecule has 0 atom stereocenters. The lowest BCUT2D eigenvalue weighted by atomic mass is 10.2. The van der Waals surface area contributed by atoms with Gasteiger partial charge in [0.2, 0.25) is 5.91 Å². The van der Waals surface area contributed by atoms with Crippen LogP contribution in [-0.4, -0.2) is 51.5 Å². The molecule has 2 heterocycles. The first-order valence-electron chi connectivity index (χ1n) is 10.3. The molecule has 0 saturated carbocycles. The van der Waals surface area contributed by atoms with Crippen molar-refractivity contribution in [3.8, 4) is 22.8 Å². The summed E-state index contributed by atoms with van der Waals surface area (Å²) in [5.41, 5.74) is 1.99. The summed E-state index contributed by atoms with van der Waals surface area (Å²) in [6, 6.07) is 18.0.